The quantitative estimate of drug-likeness (QED) is 0.579. The maximum Gasteiger partial charge on any atom is 0.0227 e. The summed E-state index contributed by atoms with van der Waals surface area (Å²) in [6, 6.07) is 0.803. The van der Waals surface area contributed by atoms with Gasteiger partial charge in [-0.3, -0.25) is 4.90 Å². The van der Waals surface area contributed by atoms with Gasteiger partial charge in [0.25, 0.3) is 0 Å². The molecule has 0 aromatic rings. The number of nitrogens with two attached hydrogens (primary N) is 1. The van der Waals surface area contributed by atoms with E-state index in [0.717, 1.165) is 18.5 Å². The van der Waals surface area contributed by atoms with E-state index in [4.69, 9.17) is 5.73 Å². The summed E-state index contributed by atoms with van der Waals surface area (Å²) in [5.41, 5.74) is 5.68. The number of likely N-dealkylation sites (N-methyl/N-ethyl adjacent to an activating group) is 1. The highest BCUT2D eigenvalue weighted by Crippen LogP contribution is 2.24. The van der Waals surface area contributed by atoms with Gasteiger partial charge < -0.3 is 10.6 Å². The van der Waals surface area contributed by atoms with Gasteiger partial charge in [-0.2, -0.15) is 0 Å². The van der Waals surface area contributed by atoms with E-state index in [2.05, 4.69) is 16.8 Å². The fourth-order valence-corrected chi connectivity index (χ4v) is 2.47. The molecule has 0 aromatic carbocycles. The van der Waals surface area contributed by atoms with E-state index in [1.54, 1.807) is 0 Å². The number of fused-ring (bicyclic) bond motifs is 1. The predicted octanol–water partition coefficient (Wildman–Crippen LogP) is -0.419. The van der Waals surface area contributed by atoms with Gasteiger partial charge in [0.2, 0.25) is 0 Å². The summed E-state index contributed by atoms with van der Waals surface area (Å²) < 4.78 is 0. The minimum atomic E-state index is 0.765. The second kappa shape index (κ2) is 3.32. The lowest BCUT2D eigenvalue weighted by atomic mass is 10.1. The van der Waals surface area contributed by atoms with E-state index in [-0.39, 0.29) is 0 Å². The second-order valence-electron chi connectivity index (χ2n) is 4.25. The molecule has 0 aromatic heterocycles. The standard InChI is InChI=1S/C9H19N3/c1-11-2-3-12-6-8(5-10)4-9(12)7-11/h8-9H,2-7,10H2,1H3. The summed E-state index contributed by atoms with van der Waals surface area (Å²) >= 11 is 0. The average Bonchev–Trinajstić information content (AvgIpc) is 2.46. The Balaban J connectivity index is 1.93. The van der Waals surface area contributed by atoms with Crippen LogP contribution in [0.1, 0.15) is 6.42 Å². The van der Waals surface area contributed by atoms with Gasteiger partial charge in [-0.1, -0.05) is 0 Å². The zero-order valence-corrected chi connectivity index (χ0v) is 7.87. The van der Waals surface area contributed by atoms with E-state index >= 15 is 0 Å². The van der Waals surface area contributed by atoms with Crippen molar-refractivity contribution in [1.82, 2.24) is 9.80 Å². The third-order valence-corrected chi connectivity index (χ3v) is 3.24. The molecule has 2 atom stereocenters. The van der Waals surface area contributed by atoms with Crippen LogP contribution in [0.5, 0.6) is 0 Å². The number of hydrogen-bond donors (Lipinski definition) is 1. The van der Waals surface area contributed by atoms with Crippen LogP contribution in [0.4, 0.5) is 0 Å². The summed E-state index contributed by atoms with van der Waals surface area (Å²) in [4.78, 5) is 5.04. The Morgan fingerprint density at radius 1 is 1.33 bits per heavy atom. The molecule has 0 spiro atoms. The topological polar surface area (TPSA) is 32.5 Å². The van der Waals surface area contributed by atoms with Crippen LogP contribution in [0.15, 0.2) is 0 Å². The highest BCUT2D eigenvalue weighted by atomic mass is 15.3. The molecule has 2 fully saturated rings. The Kier molecular flexibility index (Phi) is 2.35. The summed E-state index contributed by atoms with van der Waals surface area (Å²) in [6.07, 6.45) is 1.32. The van der Waals surface area contributed by atoms with Gasteiger partial charge in [-0.05, 0) is 25.9 Å². The summed E-state index contributed by atoms with van der Waals surface area (Å²) in [5, 5.41) is 0. The Morgan fingerprint density at radius 2 is 2.17 bits per heavy atom. The SMILES string of the molecule is CN1CCN2CC(CN)CC2C1. The van der Waals surface area contributed by atoms with Crippen LogP contribution in [0.3, 0.4) is 0 Å². The lowest BCUT2D eigenvalue weighted by Gasteiger charge is -2.35. The molecular formula is C9H19N3. The van der Waals surface area contributed by atoms with Crippen LogP contribution in [-0.2, 0) is 0 Å². The van der Waals surface area contributed by atoms with Crippen molar-refractivity contribution in [3.63, 3.8) is 0 Å². The van der Waals surface area contributed by atoms with Crippen molar-refractivity contribution in [2.75, 3.05) is 39.8 Å². The first-order valence-electron chi connectivity index (χ1n) is 4.92. The zero-order valence-electron chi connectivity index (χ0n) is 7.87. The molecule has 0 aliphatic carbocycles. The van der Waals surface area contributed by atoms with Crippen molar-refractivity contribution in [2.45, 2.75) is 12.5 Å². The predicted molar refractivity (Wildman–Crippen MR) is 50.0 cm³/mol. The minimum Gasteiger partial charge on any atom is -0.330 e. The molecule has 2 heterocycles. The highest BCUT2D eigenvalue weighted by Gasteiger charge is 2.34. The van der Waals surface area contributed by atoms with Crippen LogP contribution in [0.2, 0.25) is 0 Å². The lowest BCUT2D eigenvalue weighted by molar-refractivity contribution is 0.124. The fraction of sp³-hybridized carbons (Fsp3) is 1.00. The molecule has 2 N–H and O–H groups in total. The first-order chi connectivity index (χ1) is 5.79. The third-order valence-electron chi connectivity index (χ3n) is 3.24. The van der Waals surface area contributed by atoms with E-state index < -0.39 is 0 Å². The van der Waals surface area contributed by atoms with Crippen LogP contribution in [0.25, 0.3) is 0 Å². The zero-order chi connectivity index (χ0) is 8.55. The Labute approximate surface area is 74.5 Å². The van der Waals surface area contributed by atoms with Crippen molar-refractivity contribution < 1.29 is 0 Å². The third kappa shape index (κ3) is 1.49. The van der Waals surface area contributed by atoms with E-state index in [9.17, 15) is 0 Å². The van der Waals surface area contributed by atoms with Crippen LogP contribution in [-0.4, -0.2) is 55.6 Å². The van der Waals surface area contributed by atoms with Crippen LogP contribution in [0, 0.1) is 5.92 Å². The van der Waals surface area contributed by atoms with Gasteiger partial charge in [0.1, 0.15) is 0 Å². The molecule has 70 valence electrons. The van der Waals surface area contributed by atoms with Crippen LogP contribution >= 0.6 is 0 Å². The van der Waals surface area contributed by atoms with E-state index in [0.29, 0.717) is 0 Å². The maximum absolute atomic E-state index is 5.68. The van der Waals surface area contributed by atoms with Gasteiger partial charge in [0.05, 0.1) is 0 Å². The van der Waals surface area contributed by atoms with Crippen molar-refractivity contribution in [1.29, 1.82) is 0 Å². The smallest absolute Gasteiger partial charge is 0.0227 e. The number of hydrogen-bond acceptors (Lipinski definition) is 3. The Hall–Kier alpha value is -0.120. The van der Waals surface area contributed by atoms with Crippen molar-refractivity contribution in [3.8, 4) is 0 Å². The van der Waals surface area contributed by atoms with Gasteiger partial charge in [0, 0.05) is 32.2 Å². The summed E-state index contributed by atoms with van der Waals surface area (Å²) in [6.45, 7) is 5.84. The molecule has 0 radical (unpaired) electrons. The molecule has 12 heavy (non-hydrogen) atoms. The molecule has 2 saturated heterocycles. The number of piperazine rings is 1. The molecule has 2 unspecified atom stereocenters. The highest BCUT2D eigenvalue weighted by molar-refractivity contribution is 4.90. The molecule has 2 aliphatic rings. The number of nitrogens with zero attached hydrogens (tertiary/aromatic N) is 2. The largest absolute Gasteiger partial charge is 0.330 e. The Morgan fingerprint density at radius 3 is 2.92 bits per heavy atom. The van der Waals surface area contributed by atoms with Gasteiger partial charge in [-0.25, -0.2) is 0 Å². The molecular weight excluding hydrogens is 150 g/mol. The second-order valence-corrected chi connectivity index (χ2v) is 4.25. The summed E-state index contributed by atoms with van der Waals surface area (Å²) in [7, 11) is 2.22. The minimum absolute atomic E-state index is 0.765. The maximum atomic E-state index is 5.68. The first-order valence-corrected chi connectivity index (χ1v) is 4.92. The van der Waals surface area contributed by atoms with E-state index in [1.807, 2.05) is 0 Å². The van der Waals surface area contributed by atoms with Crippen molar-refractivity contribution >= 4 is 0 Å². The molecule has 0 amide bonds. The lowest BCUT2D eigenvalue weighted by Crippen LogP contribution is -2.48. The molecule has 2 rings (SSSR count). The number of rotatable bonds is 1. The van der Waals surface area contributed by atoms with Crippen molar-refractivity contribution in [3.05, 3.63) is 0 Å². The fourth-order valence-electron chi connectivity index (χ4n) is 2.47. The molecule has 0 saturated carbocycles. The van der Waals surface area contributed by atoms with Gasteiger partial charge >= 0.3 is 0 Å². The first kappa shape index (κ1) is 8.48. The summed E-state index contributed by atoms with van der Waals surface area (Å²) in [5.74, 6) is 0.765. The monoisotopic (exact) mass is 169 g/mol. The normalized spacial score (nSPS) is 38.5. The van der Waals surface area contributed by atoms with Crippen molar-refractivity contribution in [2.24, 2.45) is 11.7 Å². The molecule has 3 nitrogen and oxygen atoms in total. The molecule has 3 heteroatoms. The average molecular weight is 169 g/mol. The van der Waals surface area contributed by atoms with Gasteiger partial charge in [-0.15, -0.1) is 0 Å². The Bertz CT molecular complexity index is 160. The van der Waals surface area contributed by atoms with Gasteiger partial charge in [0.15, 0.2) is 0 Å². The van der Waals surface area contributed by atoms with Crippen LogP contribution < -0.4 is 5.73 Å². The molecule has 2 aliphatic heterocycles. The molecule has 0 bridgehead atoms. The van der Waals surface area contributed by atoms with E-state index in [1.165, 1.54) is 32.6 Å².